The molecule has 1 aliphatic heterocycles. The zero-order valence-corrected chi connectivity index (χ0v) is 15.6. The normalized spacial score (nSPS) is 14.0. The first-order valence-corrected chi connectivity index (χ1v) is 9.04. The molecule has 1 fully saturated rings. The van der Waals surface area contributed by atoms with Crippen LogP contribution in [0.1, 0.15) is 25.5 Å². The van der Waals surface area contributed by atoms with Crippen molar-refractivity contribution < 1.29 is 4.79 Å². The van der Waals surface area contributed by atoms with E-state index >= 15 is 0 Å². The highest BCUT2D eigenvalue weighted by atomic mass is 16.2. The number of nitrogens with zero attached hydrogens (tertiary/aromatic N) is 7. The maximum atomic E-state index is 12.9. The molecule has 1 saturated heterocycles. The Morgan fingerprint density at radius 3 is 2.54 bits per heavy atom. The lowest BCUT2D eigenvalue weighted by molar-refractivity contribution is 0.255. The maximum absolute atomic E-state index is 12.9. The molecule has 0 saturated carbocycles. The summed E-state index contributed by atoms with van der Waals surface area (Å²) < 4.78 is 1.95. The van der Waals surface area contributed by atoms with Gasteiger partial charge in [-0.15, -0.1) is 10.2 Å². The smallest absolute Gasteiger partial charge is 0.310 e. The van der Waals surface area contributed by atoms with Crippen LogP contribution in [0.5, 0.6) is 0 Å². The third kappa shape index (κ3) is 3.07. The average molecular weight is 373 g/mol. The molecule has 0 atom stereocenters. The number of urea groups is 1. The van der Waals surface area contributed by atoms with Crippen LogP contribution in [0.3, 0.4) is 0 Å². The number of nitriles is 1. The summed E-state index contributed by atoms with van der Waals surface area (Å²) in [5, 5.41) is 17.1. The summed E-state index contributed by atoms with van der Waals surface area (Å²) in [4.78, 5) is 20.9. The van der Waals surface area contributed by atoms with Crippen molar-refractivity contribution in [3.05, 3.63) is 54.4 Å². The van der Waals surface area contributed by atoms with E-state index in [0.717, 1.165) is 5.69 Å². The number of pyridine rings is 1. The van der Waals surface area contributed by atoms with E-state index in [-0.39, 0.29) is 12.1 Å². The Labute approximate surface area is 162 Å². The number of carbonyl (C=O) groups excluding carboxylic acids is 1. The van der Waals surface area contributed by atoms with Gasteiger partial charge >= 0.3 is 6.03 Å². The zero-order chi connectivity index (χ0) is 19.7. The van der Waals surface area contributed by atoms with Crippen LogP contribution in [0.25, 0.3) is 11.5 Å². The van der Waals surface area contributed by atoms with Gasteiger partial charge in [-0.2, -0.15) is 5.26 Å². The largest absolute Gasteiger partial charge is 0.330 e. The summed E-state index contributed by atoms with van der Waals surface area (Å²) in [5.74, 6) is 1.25. The molecule has 140 valence electrons. The minimum absolute atomic E-state index is 0.139. The topological polar surface area (TPSA) is 90.9 Å². The van der Waals surface area contributed by atoms with Crippen molar-refractivity contribution in [2.24, 2.45) is 0 Å². The van der Waals surface area contributed by atoms with Gasteiger partial charge in [0.2, 0.25) is 0 Å². The molecule has 0 unspecified atom stereocenters. The Hall–Kier alpha value is -3.73. The molecule has 2 amide bonds. The Morgan fingerprint density at radius 2 is 1.82 bits per heavy atom. The molecule has 3 aromatic rings. The fourth-order valence-electron chi connectivity index (χ4n) is 3.21. The summed E-state index contributed by atoms with van der Waals surface area (Å²) in [5.41, 5.74) is 2.01. The number of rotatable bonds is 4. The Kier molecular flexibility index (Phi) is 4.49. The number of hydrogen-bond donors (Lipinski definition) is 0. The predicted octanol–water partition coefficient (Wildman–Crippen LogP) is 3.24. The molecule has 0 N–H and O–H groups in total. The van der Waals surface area contributed by atoms with Gasteiger partial charge in [0.15, 0.2) is 5.82 Å². The molecule has 1 aromatic carbocycles. The number of carbonyl (C=O) groups is 1. The monoisotopic (exact) mass is 373 g/mol. The molecule has 8 heteroatoms. The highest BCUT2D eigenvalue weighted by molar-refractivity contribution is 6.05. The molecule has 0 aliphatic carbocycles. The highest BCUT2D eigenvalue weighted by Crippen LogP contribution is 2.26. The van der Waals surface area contributed by atoms with Crippen molar-refractivity contribution in [2.45, 2.75) is 19.9 Å². The SMILES string of the molecule is CC(C)n1cnnc1-c1cccc(N2CCN(c3ccc(C#N)cc3)C2=O)n1. The quantitative estimate of drug-likeness (QED) is 0.700. The van der Waals surface area contributed by atoms with Crippen LogP contribution in [-0.4, -0.2) is 38.9 Å². The lowest BCUT2D eigenvalue weighted by atomic mass is 10.2. The van der Waals surface area contributed by atoms with Crippen molar-refractivity contribution >= 4 is 17.5 Å². The van der Waals surface area contributed by atoms with Crippen LogP contribution in [0, 0.1) is 11.3 Å². The van der Waals surface area contributed by atoms with Crippen molar-refractivity contribution in [3.63, 3.8) is 0 Å². The van der Waals surface area contributed by atoms with E-state index in [1.165, 1.54) is 0 Å². The van der Waals surface area contributed by atoms with Gasteiger partial charge in [0.05, 0.1) is 11.6 Å². The maximum Gasteiger partial charge on any atom is 0.330 e. The van der Waals surface area contributed by atoms with E-state index in [9.17, 15) is 4.79 Å². The summed E-state index contributed by atoms with van der Waals surface area (Å²) in [6.07, 6.45) is 1.68. The van der Waals surface area contributed by atoms with Gasteiger partial charge < -0.3 is 4.57 Å². The van der Waals surface area contributed by atoms with Gasteiger partial charge in [-0.05, 0) is 50.2 Å². The minimum Gasteiger partial charge on any atom is -0.310 e. The molecule has 3 heterocycles. The first-order chi connectivity index (χ1) is 13.6. The second kappa shape index (κ2) is 7.12. The fourth-order valence-corrected chi connectivity index (χ4v) is 3.21. The van der Waals surface area contributed by atoms with E-state index in [2.05, 4.69) is 35.1 Å². The molecule has 4 rings (SSSR count). The van der Waals surface area contributed by atoms with Crippen LogP contribution in [0.2, 0.25) is 0 Å². The number of hydrogen-bond acceptors (Lipinski definition) is 5. The third-order valence-electron chi connectivity index (χ3n) is 4.69. The molecule has 2 aromatic heterocycles. The van der Waals surface area contributed by atoms with Crippen molar-refractivity contribution in [1.82, 2.24) is 19.7 Å². The van der Waals surface area contributed by atoms with E-state index in [1.807, 2.05) is 22.8 Å². The van der Waals surface area contributed by atoms with Crippen LogP contribution >= 0.6 is 0 Å². The van der Waals surface area contributed by atoms with Crippen molar-refractivity contribution in [2.75, 3.05) is 22.9 Å². The Morgan fingerprint density at radius 1 is 1.07 bits per heavy atom. The molecule has 0 spiro atoms. The first-order valence-electron chi connectivity index (χ1n) is 9.04. The highest BCUT2D eigenvalue weighted by Gasteiger charge is 2.31. The predicted molar refractivity (Wildman–Crippen MR) is 105 cm³/mol. The van der Waals surface area contributed by atoms with Crippen molar-refractivity contribution in [3.8, 4) is 17.6 Å². The van der Waals surface area contributed by atoms with Crippen LogP contribution in [-0.2, 0) is 0 Å². The van der Waals surface area contributed by atoms with Gasteiger partial charge in [-0.1, -0.05) is 6.07 Å². The number of amides is 2. The van der Waals surface area contributed by atoms with Crippen molar-refractivity contribution in [1.29, 1.82) is 5.26 Å². The summed E-state index contributed by atoms with van der Waals surface area (Å²) in [7, 11) is 0. The molecule has 0 bridgehead atoms. The third-order valence-corrected chi connectivity index (χ3v) is 4.69. The lowest BCUT2D eigenvalue weighted by Crippen LogP contribution is -2.32. The Bertz CT molecular complexity index is 1050. The molecular weight excluding hydrogens is 354 g/mol. The standard InChI is InChI=1S/C20H19N7O/c1-14(2)27-13-22-24-19(27)17-4-3-5-18(23-17)26-11-10-25(20(26)28)16-8-6-15(12-21)7-9-16/h3-9,13-14H,10-11H2,1-2H3. The second-order valence-corrected chi connectivity index (χ2v) is 6.78. The van der Waals surface area contributed by atoms with Gasteiger partial charge in [0.1, 0.15) is 17.8 Å². The molecule has 28 heavy (non-hydrogen) atoms. The molecular formula is C20H19N7O. The van der Waals surface area contributed by atoms with Gasteiger partial charge in [0.25, 0.3) is 0 Å². The van der Waals surface area contributed by atoms with E-state index in [0.29, 0.717) is 36.0 Å². The average Bonchev–Trinajstić information content (AvgIpc) is 3.35. The lowest BCUT2D eigenvalue weighted by Gasteiger charge is -2.18. The summed E-state index contributed by atoms with van der Waals surface area (Å²) in [6.45, 7) is 5.19. The number of aromatic nitrogens is 4. The first kappa shape index (κ1) is 17.7. The van der Waals surface area contributed by atoms with Crippen LogP contribution in [0.4, 0.5) is 16.3 Å². The Balaban J connectivity index is 1.61. The van der Waals surface area contributed by atoms with Crippen LogP contribution < -0.4 is 9.80 Å². The molecule has 8 nitrogen and oxygen atoms in total. The van der Waals surface area contributed by atoms with E-state index < -0.39 is 0 Å². The van der Waals surface area contributed by atoms with Gasteiger partial charge in [0, 0.05) is 24.8 Å². The van der Waals surface area contributed by atoms with Gasteiger partial charge in [-0.25, -0.2) is 9.78 Å². The molecule has 0 radical (unpaired) electrons. The van der Waals surface area contributed by atoms with Crippen LogP contribution in [0.15, 0.2) is 48.8 Å². The minimum atomic E-state index is -0.139. The molecule has 1 aliphatic rings. The van der Waals surface area contributed by atoms with E-state index in [4.69, 9.17) is 5.26 Å². The zero-order valence-electron chi connectivity index (χ0n) is 15.6. The second-order valence-electron chi connectivity index (χ2n) is 6.78. The fraction of sp³-hybridized carbons (Fsp3) is 0.250. The number of benzene rings is 1. The van der Waals surface area contributed by atoms with Gasteiger partial charge in [-0.3, -0.25) is 9.80 Å². The summed E-state index contributed by atoms with van der Waals surface area (Å²) >= 11 is 0. The number of anilines is 2. The van der Waals surface area contributed by atoms with E-state index in [1.54, 1.807) is 40.4 Å². The summed E-state index contributed by atoms with van der Waals surface area (Å²) in [6, 6.07) is 14.7.